The minimum absolute atomic E-state index is 0. The third-order valence-electron chi connectivity index (χ3n) is 2.14. The molecule has 1 aliphatic rings. The zero-order valence-electron chi connectivity index (χ0n) is 8.23. The topological polar surface area (TPSA) is 52.7 Å². The Morgan fingerprint density at radius 2 is 1.93 bits per heavy atom. The summed E-state index contributed by atoms with van der Waals surface area (Å²) in [5.74, 6) is 0.105. The summed E-state index contributed by atoms with van der Waals surface area (Å²) in [4.78, 5) is 25.2. The van der Waals surface area contributed by atoms with Crippen molar-refractivity contribution in [1.29, 1.82) is 0 Å². The number of hydrogen-bond donors (Lipinski definition) is 1. The van der Waals surface area contributed by atoms with Gasteiger partial charge in [0.15, 0.2) is 0 Å². The van der Waals surface area contributed by atoms with Crippen LogP contribution in [0.1, 0.15) is 0 Å². The molecule has 1 saturated heterocycles. The summed E-state index contributed by atoms with van der Waals surface area (Å²) >= 11 is 0. The van der Waals surface area contributed by atoms with E-state index in [4.69, 9.17) is 0 Å². The highest BCUT2D eigenvalue weighted by Crippen LogP contribution is 1.98. The molecule has 0 bridgehead atoms. The largest absolute Gasteiger partial charge is 0.342 e. The zero-order chi connectivity index (χ0) is 9.68. The van der Waals surface area contributed by atoms with Gasteiger partial charge in [0, 0.05) is 26.2 Å². The van der Waals surface area contributed by atoms with Gasteiger partial charge in [0.2, 0.25) is 12.3 Å². The number of carbonyl (C=O) groups is 2. The van der Waals surface area contributed by atoms with E-state index in [9.17, 15) is 9.59 Å². The number of hydrogen-bond acceptors (Lipinski definition) is 3. The van der Waals surface area contributed by atoms with Crippen LogP contribution in [0.5, 0.6) is 0 Å². The number of likely N-dealkylation sites (N-methyl/N-ethyl adjacent to an activating group) is 1. The predicted molar refractivity (Wildman–Crippen MR) is 55.4 cm³/mol. The molecule has 0 spiro atoms. The third kappa shape index (κ3) is 3.51. The fraction of sp³-hybridized carbons (Fsp3) is 0.750. The summed E-state index contributed by atoms with van der Waals surface area (Å²) < 4.78 is 0. The van der Waals surface area contributed by atoms with Crippen molar-refractivity contribution in [1.82, 2.24) is 15.1 Å². The summed E-state index contributed by atoms with van der Waals surface area (Å²) in [5.41, 5.74) is 0. The minimum Gasteiger partial charge on any atom is -0.342 e. The molecule has 0 atom stereocenters. The van der Waals surface area contributed by atoms with E-state index >= 15 is 0 Å². The lowest BCUT2D eigenvalue weighted by atomic mass is 10.3. The van der Waals surface area contributed by atoms with Gasteiger partial charge in [-0.05, 0) is 7.05 Å². The molecule has 0 saturated carbocycles. The molecule has 0 unspecified atom stereocenters. The van der Waals surface area contributed by atoms with Gasteiger partial charge in [0.1, 0.15) is 0 Å². The maximum Gasteiger partial charge on any atom is 0.236 e. The van der Waals surface area contributed by atoms with Crippen LogP contribution in [0.3, 0.4) is 0 Å². The second-order valence-corrected chi connectivity index (χ2v) is 3.05. The molecule has 5 nitrogen and oxygen atoms in total. The number of amides is 2. The van der Waals surface area contributed by atoms with E-state index in [2.05, 4.69) is 5.32 Å². The Kier molecular flexibility index (Phi) is 6.23. The van der Waals surface area contributed by atoms with Crippen LogP contribution in [0.25, 0.3) is 0 Å². The molecule has 0 radical (unpaired) electrons. The summed E-state index contributed by atoms with van der Waals surface area (Å²) in [6, 6.07) is 0. The maximum atomic E-state index is 11.3. The van der Waals surface area contributed by atoms with Crippen molar-refractivity contribution in [3.8, 4) is 0 Å². The highest BCUT2D eigenvalue weighted by atomic mass is 35.5. The molecule has 6 heteroatoms. The van der Waals surface area contributed by atoms with Crippen molar-refractivity contribution in [3.63, 3.8) is 0 Å². The van der Waals surface area contributed by atoms with Crippen molar-refractivity contribution in [2.75, 3.05) is 39.8 Å². The van der Waals surface area contributed by atoms with Crippen LogP contribution in [-0.4, -0.2) is 61.9 Å². The average molecular weight is 222 g/mol. The number of carbonyl (C=O) groups excluding carboxylic acids is 2. The Labute approximate surface area is 89.8 Å². The van der Waals surface area contributed by atoms with E-state index in [0.717, 1.165) is 6.41 Å². The van der Waals surface area contributed by atoms with Crippen LogP contribution in [0.15, 0.2) is 0 Å². The molecule has 0 aromatic rings. The Bertz CT molecular complexity index is 193. The second-order valence-electron chi connectivity index (χ2n) is 3.05. The molecular formula is C8H16ClN3O2. The van der Waals surface area contributed by atoms with Gasteiger partial charge < -0.3 is 15.1 Å². The van der Waals surface area contributed by atoms with Crippen LogP contribution in [-0.2, 0) is 9.59 Å². The van der Waals surface area contributed by atoms with Gasteiger partial charge in [-0.3, -0.25) is 9.59 Å². The molecule has 2 amide bonds. The first-order valence-corrected chi connectivity index (χ1v) is 4.39. The normalized spacial score (nSPS) is 16.1. The number of halogens is 1. The van der Waals surface area contributed by atoms with E-state index in [-0.39, 0.29) is 18.3 Å². The molecule has 14 heavy (non-hydrogen) atoms. The molecular weight excluding hydrogens is 206 g/mol. The summed E-state index contributed by atoms with van der Waals surface area (Å²) in [5, 5.41) is 2.82. The van der Waals surface area contributed by atoms with E-state index in [1.807, 2.05) is 0 Å². The van der Waals surface area contributed by atoms with Crippen LogP contribution < -0.4 is 5.32 Å². The SMILES string of the molecule is CNCC(=O)N1CCN(C=O)CC1.Cl. The van der Waals surface area contributed by atoms with Crippen molar-refractivity contribution in [2.24, 2.45) is 0 Å². The third-order valence-corrected chi connectivity index (χ3v) is 2.14. The molecule has 1 aliphatic heterocycles. The molecule has 0 aromatic heterocycles. The van der Waals surface area contributed by atoms with Crippen molar-refractivity contribution in [3.05, 3.63) is 0 Å². The number of rotatable bonds is 3. The molecule has 1 N–H and O–H groups in total. The van der Waals surface area contributed by atoms with Gasteiger partial charge in [-0.15, -0.1) is 12.4 Å². The van der Waals surface area contributed by atoms with Crippen LogP contribution >= 0.6 is 12.4 Å². The zero-order valence-corrected chi connectivity index (χ0v) is 9.05. The van der Waals surface area contributed by atoms with E-state index in [1.165, 1.54) is 0 Å². The lowest BCUT2D eigenvalue weighted by molar-refractivity contribution is -0.134. The van der Waals surface area contributed by atoms with Gasteiger partial charge >= 0.3 is 0 Å². The predicted octanol–water partition coefficient (Wildman–Crippen LogP) is -1.07. The smallest absolute Gasteiger partial charge is 0.236 e. The Balaban J connectivity index is 0.00000169. The fourth-order valence-corrected chi connectivity index (χ4v) is 1.34. The van der Waals surface area contributed by atoms with Gasteiger partial charge in [0.25, 0.3) is 0 Å². The Hall–Kier alpha value is -0.810. The number of piperazine rings is 1. The lowest BCUT2D eigenvalue weighted by Gasteiger charge is -2.32. The highest BCUT2D eigenvalue weighted by molar-refractivity contribution is 5.85. The molecule has 1 fully saturated rings. The standard InChI is InChI=1S/C8H15N3O2.ClH/c1-9-6-8(13)11-4-2-10(7-12)3-5-11;/h7,9H,2-6H2,1H3;1H. The Morgan fingerprint density at radius 3 is 2.36 bits per heavy atom. The van der Waals surface area contributed by atoms with Gasteiger partial charge in [-0.1, -0.05) is 0 Å². The van der Waals surface area contributed by atoms with Crippen molar-refractivity contribution in [2.45, 2.75) is 0 Å². The van der Waals surface area contributed by atoms with E-state index in [0.29, 0.717) is 32.7 Å². The first-order chi connectivity index (χ1) is 6.27. The quantitative estimate of drug-likeness (QED) is 0.618. The highest BCUT2D eigenvalue weighted by Gasteiger charge is 2.18. The molecule has 1 rings (SSSR count). The first kappa shape index (κ1) is 13.2. The van der Waals surface area contributed by atoms with Crippen molar-refractivity contribution >= 4 is 24.7 Å². The van der Waals surface area contributed by atoms with Crippen molar-refractivity contribution < 1.29 is 9.59 Å². The molecule has 0 aromatic carbocycles. The van der Waals surface area contributed by atoms with Gasteiger partial charge in [-0.25, -0.2) is 0 Å². The first-order valence-electron chi connectivity index (χ1n) is 4.39. The minimum atomic E-state index is 0. The maximum absolute atomic E-state index is 11.3. The summed E-state index contributed by atoms with van der Waals surface area (Å²) in [7, 11) is 1.75. The number of nitrogens with one attached hydrogen (secondary N) is 1. The lowest BCUT2D eigenvalue weighted by Crippen LogP contribution is -2.50. The number of nitrogens with zero attached hydrogens (tertiary/aromatic N) is 2. The van der Waals surface area contributed by atoms with Gasteiger partial charge in [-0.2, -0.15) is 0 Å². The monoisotopic (exact) mass is 221 g/mol. The van der Waals surface area contributed by atoms with E-state index < -0.39 is 0 Å². The summed E-state index contributed by atoms with van der Waals surface area (Å²) in [6.07, 6.45) is 0.833. The fourth-order valence-electron chi connectivity index (χ4n) is 1.34. The molecule has 1 heterocycles. The van der Waals surface area contributed by atoms with Crippen LogP contribution in [0, 0.1) is 0 Å². The second kappa shape index (κ2) is 6.62. The van der Waals surface area contributed by atoms with Gasteiger partial charge in [0.05, 0.1) is 6.54 Å². The van der Waals surface area contributed by atoms with Crippen LogP contribution in [0.2, 0.25) is 0 Å². The Morgan fingerprint density at radius 1 is 1.36 bits per heavy atom. The van der Waals surface area contributed by atoms with E-state index in [1.54, 1.807) is 16.8 Å². The molecule has 0 aliphatic carbocycles. The van der Waals surface area contributed by atoms with Crippen LogP contribution in [0.4, 0.5) is 0 Å². The molecule has 82 valence electrons. The average Bonchev–Trinajstić information content (AvgIpc) is 2.18. The summed E-state index contributed by atoms with van der Waals surface area (Å²) in [6.45, 7) is 2.98.